The van der Waals surface area contributed by atoms with Gasteiger partial charge in [0, 0.05) is 16.6 Å². The van der Waals surface area contributed by atoms with Crippen LogP contribution >= 0.6 is 47.2 Å². The Morgan fingerprint density at radius 3 is 2.52 bits per heavy atom. The second-order valence-corrected chi connectivity index (χ2v) is 9.10. The molecular weight excluding hydrogens is 449 g/mol. The van der Waals surface area contributed by atoms with Crippen molar-refractivity contribution in [1.29, 1.82) is 0 Å². The van der Waals surface area contributed by atoms with Gasteiger partial charge < -0.3 is 9.47 Å². The highest BCUT2D eigenvalue weighted by Gasteiger charge is 2.33. The molecule has 0 spiro atoms. The Hall–Kier alpha value is -1.73. The first-order valence-electron chi connectivity index (χ1n) is 8.82. The molecule has 0 saturated carbocycles. The zero-order chi connectivity index (χ0) is 21.1. The minimum absolute atomic E-state index is 0.0253. The number of benzene rings is 2. The van der Waals surface area contributed by atoms with E-state index in [4.69, 9.17) is 44.9 Å². The molecule has 1 fully saturated rings. The van der Waals surface area contributed by atoms with Gasteiger partial charge in [0.05, 0.1) is 17.0 Å². The zero-order valence-electron chi connectivity index (χ0n) is 16.1. The molecule has 0 aromatic heterocycles. The number of halogens is 2. The lowest BCUT2D eigenvalue weighted by molar-refractivity contribution is -0.123. The van der Waals surface area contributed by atoms with Crippen molar-refractivity contribution < 1.29 is 14.3 Å². The summed E-state index contributed by atoms with van der Waals surface area (Å²) in [4.78, 5) is 14.8. The van der Waals surface area contributed by atoms with Gasteiger partial charge in [-0.15, -0.1) is 0 Å². The van der Waals surface area contributed by atoms with E-state index in [0.717, 1.165) is 11.1 Å². The number of thioether (sulfide) groups is 1. The second-order valence-electron chi connectivity index (χ2n) is 6.58. The Labute approximate surface area is 189 Å². The summed E-state index contributed by atoms with van der Waals surface area (Å²) in [6, 6.07) is 10.7. The lowest BCUT2D eigenvalue weighted by atomic mass is 10.1. The average Bonchev–Trinajstić information content (AvgIpc) is 2.94. The van der Waals surface area contributed by atoms with E-state index < -0.39 is 0 Å². The first-order valence-corrected chi connectivity index (χ1v) is 10.8. The minimum Gasteiger partial charge on any atom is -0.496 e. The average molecular weight is 468 g/mol. The Morgan fingerprint density at radius 1 is 1.17 bits per heavy atom. The van der Waals surface area contributed by atoms with Crippen LogP contribution in [-0.2, 0) is 11.4 Å². The molecule has 0 bridgehead atoms. The number of thiocarbonyl (C=S) groups is 1. The maximum atomic E-state index is 12.6. The van der Waals surface area contributed by atoms with Crippen molar-refractivity contribution in [3.05, 3.63) is 62.5 Å². The Bertz CT molecular complexity index is 992. The van der Waals surface area contributed by atoms with Gasteiger partial charge in [-0.3, -0.25) is 9.69 Å². The molecule has 0 radical (unpaired) electrons. The van der Waals surface area contributed by atoms with E-state index in [-0.39, 0.29) is 18.6 Å². The molecule has 1 heterocycles. The van der Waals surface area contributed by atoms with E-state index >= 15 is 0 Å². The van der Waals surface area contributed by atoms with Gasteiger partial charge in [-0.2, -0.15) is 0 Å². The van der Waals surface area contributed by atoms with Crippen LogP contribution in [0.3, 0.4) is 0 Å². The first-order chi connectivity index (χ1) is 13.8. The van der Waals surface area contributed by atoms with E-state index in [1.165, 1.54) is 11.8 Å². The normalized spacial score (nSPS) is 15.5. The van der Waals surface area contributed by atoms with Crippen LogP contribution in [-0.4, -0.2) is 28.3 Å². The molecule has 2 aromatic carbocycles. The molecule has 1 aliphatic rings. The van der Waals surface area contributed by atoms with Crippen molar-refractivity contribution in [3.8, 4) is 11.5 Å². The molecule has 4 nitrogen and oxygen atoms in total. The fraction of sp³-hybridized carbons (Fsp3) is 0.238. The lowest BCUT2D eigenvalue weighted by Gasteiger charge is -2.18. The zero-order valence-corrected chi connectivity index (χ0v) is 19.2. The Kier molecular flexibility index (Phi) is 7.11. The standard InChI is InChI=1S/C21H19Cl2NO3S2/c1-12(2)24-20(25)19(29-21(24)28)9-13-4-6-17(26-3)14(8-13)11-27-18-7-5-15(22)10-16(18)23/h4-10,12H,11H2,1-3H3. The summed E-state index contributed by atoms with van der Waals surface area (Å²) in [6.45, 7) is 4.13. The summed E-state index contributed by atoms with van der Waals surface area (Å²) in [7, 11) is 1.60. The van der Waals surface area contributed by atoms with Gasteiger partial charge in [0.15, 0.2) is 0 Å². The molecule has 3 rings (SSSR count). The number of carbonyl (C=O) groups excluding carboxylic acids is 1. The van der Waals surface area contributed by atoms with Crippen LogP contribution < -0.4 is 9.47 Å². The molecule has 1 amide bonds. The van der Waals surface area contributed by atoms with Crippen LogP contribution in [0.15, 0.2) is 41.3 Å². The molecule has 0 aliphatic carbocycles. The van der Waals surface area contributed by atoms with Crippen molar-refractivity contribution in [2.45, 2.75) is 26.5 Å². The van der Waals surface area contributed by atoms with E-state index in [9.17, 15) is 4.79 Å². The number of carbonyl (C=O) groups is 1. The summed E-state index contributed by atoms with van der Waals surface area (Å²) >= 11 is 18.7. The Morgan fingerprint density at radius 2 is 1.90 bits per heavy atom. The van der Waals surface area contributed by atoms with Gasteiger partial charge >= 0.3 is 0 Å². The third-order valence-electron chi connectivity index (χ3n) is 4.22. The molecule has 0 N–H and O–H groups in total. The fourth-order valence-corrected chi connectivity index (χ4v) is 4.81. The predicted octanol–water partition coefficient (Wildman–Crippen LogP) is 6.19. The number of amides is 1. The molecule has 1 aliphatic heterocycles. The van der Waals surface area contributed by atoms with Crippen LogP contribution in [0.5, 0.6) is 11.5 Å². The van der Waals surface area contributed by atoms with E-state index in [0.29, 0.717) is 30.8 Å². The number of ether oxygens (including phenoxy) is 2. The Balaban J connectivity index is 1.84. The topological polar surface area (TPSA) is 38.8 Å². The van der Waals surface area contributed by atoms with Gasteiger partial charge in [0.25, 0.3) is 5.91 Å². The summed E-state index contributed by atoms with van der Waals surface area (Å²) in [6.07, 6.45) is 1.83. The molecule has 29 heavy (non-hydrogen) atoms. The van der Waals surface area contributed by atoms with Crippen LogP contribution in [0, 0.1) is 0 Å². The number of hydrogen-bond donors (Lipinski definition) is 0. The van der Waals surface area contributed by atoms with E-state index in [1.54, 1.807) is 30.2 Å². The van der Waals surface area contributed by atoms with Crippen LogP contribution in [0.4, 0.5) is 0 Å². The lowest BCUT2D eigenvalue weighted by Crippen LogP contribution is -2.34. The first kappa shape index (κ1) is 22.0. The molecule has 0 unspecified atom stereocenters. The summed E-state index contributed by atoms with van der Waals surface area (Å²) < 4.78 is 11.9. The third-order valence-corrected chi connectivity index (χ3v) is 6.08. The number of rotatable bonds is 6. The van der Waals surface area contributed by atoms with E-state index in [1.807, 2.05) is 38.1 Å². The second kappa shape index (κ2) is 9.39. The number of hydrogen-bond acceptors (Lipinski definition) is 5. The van der Waals surface area contributed by atoms with Crippen LogP contribution in [0.2, 0.25) is 10.0 Å². The number of methoxy groups -OCH3 is 1. The smallest absolute Gasteiger partial charge is 0.266 e. The third kappa shape index (κ3) is 5.07. The van der Waals surface area contributed by atoms with Gasteiger partial charge in [0.1, 0.15) is 22.4 Å². The van der Waals surface area contributed by atoms with Gasteiger partial charge in [0.2, 0.25) is 0 Å². The van der Waals surface area contributed by atoms with Crippen molar-refractivity contribution in [2.75, 3.05) is 7.11 Å². The molecular formula is C21H19Cl2NO3S2. The summed E-state index contributed by atoms with van der Waals surface area (Å²) in [5.41, 5.74) is 1.68. The largest absolute Gasteiger partial charge is 0.496 e. The highest BCUT2D eigenvalue weighted by Crippen LogP contribution is 2.35. The highest BCUT2D eigenvalue weighted by atomic mass is 35.5. The molecule has 0 atom stereocenters. The maximum absolute atomic E-state index is 12.6. The number of nitrogens with zero attached hydrogens (tertiary/aromatic N) is 1. The molecule has 2 aromatic rings. The van der Waals surface area contributed by atoms with Gasteiger partial charge in [-0.05, 0) is 55.8 Å². The van der Waals surface area contributed by atoms with Gasteiger partial charge in [-0.1, -0.05) is 53.2 Å². The van der Waals surface area contributed by atoms with Crippen LogP contribution in [0.1, 0.15) is 25.0 Å². The predicted molar refractivity (Wildman–Crippen MR) is 124 cm³/mol. The van der Waals surface area contributed by atoms with Crippen molar-refractivity contribution >= 4 is 63.5 Å². The van der Waals surface area contributed by atoms with Gasteiger partial charge in [-0.25, -0.2) is 0 Å². The fourth-order valence-electron chi connectivity index (χ4n) is 2.83. The quantitative estimate of drug-likeness (QED) is 0.373. The molecule has 1 saturated heterocycles. The van der Waals surface area contributed by atoms with Crippen molar-refractivity contribution in [3.63, 3.8) is 0 Å². The summed E-state index contributed by atoms with van der Waals surface area (Å²) in [5.74, 6) is 1.14. The van der Waals surface area contributed by atoms with Crippen molar-refractivity contribution in [2.24, 2.45) is 0 Å². The highest BCUT2D eigenvalue weighted by molar-refractivity contribution is 8.26. The van der Waals surface area contributed by atoms with E-state index in [2.05, 4.69) is 0 Å². The summed E-state index contributed by atoms with van der Waals surface area (Å²) in [5, 5.41) is 0.977. The van der Waals surface area contributed by atoms with Crippen LogP contribution in [0.25, 0.3) is 6.08 Å². The maximum Gasteiger partial charge on any atom is 0.266 e. The molecule has 152 valence electrons. The molecule has 8 heteroatoms. The van der Waals surface area contributed by atoms with Crippen molar-refractivity contribution in [1.82, 2.24) is 4.90 Å². The monoisotopic (exact) mass is 467 g/mol. The SMILES string of the molecule is COc1ccc(C=C2SC(=S)N(C(C)C)C2=O)cc1COc1ccc(Cl)cc1Cl. The minimum atomic E-state index is -0.0726.